The molecule has 0 fully saturated rings. The van der Waals surface area contributed by atoms with Crippen molar-refractivity contribution in [1.82, 2.24) is 5.32 Å². The molecule has 1 N–H and O–H groups in total. The molecule has 0 saturated carbocycles. The van der Waals surface area contributed by atoms with Crippen LogP contribution in [0.1, 0.15) is 16.7 Å². The summed E-state index contributed by atoms with van der Waals surface area (Å²) in [6.45, 7) is 2.04. The summed E-state index contributed by atoms with van der Waals surface area (Å²) in [5.41, 5.74) is 3.13. The van der Waals surface area contributed by atoms with Gasteiger partial charge in [-0.3, -0.25) is 0 Å². The number of benzene rings is 3. The lowest BCUT2D eigenvalue weighted by atomic mass is 10.1. The van der Waals surface area contributed by atoms with E-state index in [1.54, 1.807) is 0 Å². The van der Waals surface area contributed by atoms with Crippen LogP contribution in [0.4, 0.5) is 0 Å². The Morgan fingerprint density at radius 3 is 2.57 bits per heavy atom. The molecule has 0 aliphatic carbocycles. The molecule has 6 heteroatoms. The Bertz CT molecular complexity index is 978. The van der Waals surface area contributed by atoms with E-state index in [-0.39, 0.29) is 6.79 Å². The van der Waals surface area contributed by atoms with Crippen LogP contribution in [-0.4, -0.2) is 6.79 Å². The van der Waals surface area contributed by atoms with E-state index in [2.05, 4.69) is 5.32 Å². The van der Waals surface area contributed by atoms with Crippen LogP contribution in [0.15, 0.2) is 60.7 Å². The van der Waals surface area contributed by atoms with E-state index >= 15 is 0 Å². The summed E-state index contributed by atoms with van der Waals surface area (Å²) in [6, 6.07) is 19.2. The van der Waals surface area contributed by atoms with Gasteiger partial charge >= 0.3 is 0 Å². The quantitative estimate of drug-likeness (QED) is 0.545. The highest BCUT2D eigenvalue weighted by Gasteiger charge is 2.13. The third-order valence-corrected chi connectivity index (χ3v) is 4.86. The van der Waals surface area contributed by atoms with Crippen LogP contribution in [0, 0.1) is 0 Å². The van der Waals surface area contributed by atoms with Gasteiger partial charge in [0, 0.05) is 28.7 Å². The summed E-state index contributed by atoms with van der Waals surface area (Å²) >= 11 is 12.2. The van der Waals surface area contributed by atoms with Gasteiger partial charge in [0.1, 0.15) is 12.4 Å². The summed E-state index contributed by atoms with van der Waals surface area (Å²) in [5.74, 6) is 2.37. The van der Waals surface area contributed by atoms with Gasteiger partial charge in [0.2, 0.25) is 6.79 Å². The summed E-state index contributed by atoms with van der Waals surface area (Å²) in [6.07, 6.45) is 0. The van der Waals surface area contributed by atoms with E-state index in [0.717, 1.165) is 33.9 Å². The number of ether oxygens (including phenoxy) is 3. The second kappa shape index (κ2) is 8.74. The highest BCUT2D eigenvalue weighted by Crippen LogP contribution is 2.32. The zero-order valence-electron chi connectivity index (χ0n) is 15.1. The lowest BCUT2D eigenvalue weighted by molar-refractivity contribution is 0.174. The number of nitrogens with one attached hydrogen (secondary N) is 1. The Morgan fingerprint density at radius 1 is 0.821 bits per heavy atom. The molecule has 1 aliphatic heterocycles. The SMILES string of the molecule is Clc1cccc(COc2ccc(Cl)cc2CNCc2ccc3c(c2)OCO3)c1. The van der Waals surface area contributed by atoms with Gasteiger partial charge in [0.15, 0.2) is 11.5 Å². The van der Waals surface area contributed by atoms with E-state index in [1.807, 2.05) is 60.7 Å². The van der Waals surface area contributed by atoms with Crippen LogP contribution >= 0.6 is 23.2 Å². The number of fused-ring (bicyclic) bond motifs is 1. The zero-order valence-corrected chi connectivity index (χ0v) is 16.6. The maximum Gasteiger partial charge on any atom is 0.231 e. The van der Waals surface area contributed by atoms with Crippen molar-refractivity contribution < 1.29 is 14.2 Å². The normalized spacial score (nSPS) is 12.2. The number of hydrogen-bond donors (Lipinski definition) is 1. The van der Waals surface area contributed by atoms with Crippen LogP contribution in [0.5, 0.6) is 17.2 Å². The highest BCUT2D eigenvalue weighted by atomic mass is 35.5. The Kier molecular flexibility index (Phi) is 5.91. The standard InChI is InChI=1S/C22H19Cl2NO3/c23-18-3-1-2-16(8-18)13-26-20-7-5-19(24)10-17(20)12-25-11-15-4-6-21-22(9-15)28-14-27-21/h1-10,25H,11-14H2. The summed E-state index contributed by atoms with van der Waals surface area (Å²) in [4.78, 5) is 0. The van der Waals surface area contributed by atoms with Crippen LogP contribution in [0.25, 0.3) is 0 Å². The molecule has 1 aliphatic rings. The third kappa shape index (κ3) is 4.71. The molecular weight excluding hydrogens is 397 g/mol. The molecule has 3 aromatic rings. The predicted octanol–water partition coefficient (Wildman–Crippen LogP) is 5.59. The molecular formula is C22H19Cl2NO3. The molecule has 28 heavy (non-hydrogen) atoms. The van der Waals surface area contributed by atoms with Crippen molar-refractivity contribution in [3.05, 3.63) is 87.4 Å². The Balaban J connectivity index is 1.39. The zero-order chi connectivity index (χ0) is 19.3. The first-order valence-corrected chi connectivity index (χ1v) is 9.68. The maximum absolute atomic E-state index is 6.18. The molecule has 0 amide bonds. The topological polar surface area (TPSA) is 39.7 Å². The van der Waals surface area contributed by atoms with E-state index in [9.17, 15) is 0 Å². The number of hydrogen-bond acceptors (Lipinski definition) is 4. The molecule has 1 heterocycles. The van der Waals surface area contributed by atoms with Gasteiger partial charge in [0.05, 0.1) is 0 Å². The van der Waals surface area contributed by atoms with Crippen LogP contribution < -0.4 is 19.5 Å². The Labute approximate surface area is 173 Å². The van der Waals surface area contributed by atoms with Crippen molar-refractivity contribution in [2.75, 3.05) is 6.79 Å². The minimum absolute atomic E-state index is 0.280. The molecule has 0 saturated heterocycles. The van der Waals surface area contributed by atoms with Crippen molar-refractivity contribution in [2.45, 2.75) is 19.7 Å². The molecule has 0 unspecified atom stereocenters. The van der Waals surface area contributed by atoms with Crippen molar-refractivity contribution in [3.8, 4) is 17.2 Å². The lowest BCUT2D eigenvalue weighted by Crippen LogP contribution is -2.13. The molecule has 0 radical (unpaired) electrons. The van der Waals surface area contributed by atoms with Crippen molar-refractivity contribution >= 4 is 23.2 Å². The minimum Gasteiger partial charge on any atom is -0.489 e. The van der Waals surface area contributed by atoms with Crippen molar-refractivity contribution in [1.29, 1.82) is 0 Å². The smallest absolute Gasteiger partial charge is 0.231 e. The average molecular weight is 416 g/mol. The van der Waals surface area contributed by atoms with E-state index < -0.39 is 0 Å². The molecule has 0 spiro atoms. The molecule has 144 valence electrons. The second-order valence-corrected chi connectivity index (χ2v) is 7.33. The maximum atomic E-state index is 6.18. The molecule has 0 atom stereocenters. The van der Waals surface area contributed by atoms with E-state index in [1.165, 1.54) is 0 Å². The fraction of sp³-hybridized carbons (Fsp3) is 0.182. The van der Waals surface area contributed by atoms with Crippen molar-refractivity contribution in [2.24, 2.45) is 0 Å². The van der Waals surface area contributed by atoms with Crippen LogP contribution in [0.2, 0.25) is 10.0 Å². The summed E-state index contributed by atoms with van der Waals surface area (Å²) < 4.78 is 16.8. The molecule has 3 aromatic carbocycles. The fourth-order valence-corrected chi connectivity index (χ4v) is 3.41. The number of rotatable bonds is 7. The Hall–Kier alpha value is -2.40. The van der Waals surface area contributed by atoms with Gasteiger partial charge in [-0.25, -0.2) is 0 Å². The summed E-state index contributed by atoms with van der Waals surface area (Å²) in [7, 11) is 0. The van der Waals surface area contributed by atoms with Gasteiger partial charge in [-0.15, -0.1) is 0 Å². The second-order valence-electron chi connectivity index (χ2n) is 6.46. The predicted molar refractivity (Wildman–Crippen MR) is 110 cm³/mol. The first-order valence-electron chi connectivity index (χ1n) is 8.92. The van der Waals surface area contributed by atoms with Gasteiger partial charge in [0.25, 0.3) is 0 Å². The lowest BCUT2D eigenvalue weighted by Gasteiger charge is -2.13. The first kappa shape index (κ1) is 18.9. The van der Waals surface area contributed by atoms with Crippen LogP contribution in [-0.2, 0) is 19.7 Å². The monoisotopic (exact) mass is 415 g/mol. The fourth-order valence-electron chi connectivity index (χ4n) is 3.01. The third-order valence-electron chi connectivity index (χ3n) is 4.39. The molecule has 4 nitrogen and oxygen atoms in total. The minimum atomic E-state index is 0.280. The average Bonchev–Trinajstić information content (AvgIpc) is 3.15. The van der Waals surface area contributed by atoms with Gasteiger partial charge < -0.3 is 19.5 Å². The van der Waals surface area contributed by atoms with E-state index in [4.69, 9.17) is 37.4 Å². The largest absolute Gasteiger partial charge is 0.489 e. The molecule has 4 rings (SSSR count). The van der Waals surface area contributed by atoms with Crippen molar-refractivity contribution in [3.63, 3.8) is 0 Å². The Morgan fingerprint density at radius 2 is 1.68 bits per heavy atom. The summed E-state index contributed by atoms with van der Waals surface area (Å²) in [5, 5.41) is 4.80. The molecule has 0 aromatic heterocycles. The molecule has 0 bridgehead atoms. The van der Waals surface area contributed by atoms with Gasteiger partial charge in [-0.2, -0.15) is 0 Å². The van der Waals surface area contributed by atoms with Gasteiger partial charge in [-0.1, -0.05) is 41.4 Å². The van der Waals surface area contributed by atoms with Gasteiger partial charge in [-0.05, 0) is 53.6 Å². The first-order chi connectivity index (χ1) is 13.7. The van der Waals surface area contributed by atoms with E-state index in [0.29, 0.717) is 29.7 Å². The van der Waals surface area contributed by atoms with Crippen LogP contribution in [0.3, 0.4) is 0 Å². The highest BCUT2D eigenvalue weighted by molar-refractivity contribution is 6.30. The number of halogens is 2.